The number of piperidine rings is 1. The minimum Gasteiger partial charge on any atom is -0.450 e. The average molecular weight is 394 g/mol. The highest BCUT2D eigenvalue weighted by molar-refractivity contribution is 9.10. The number of carbonyl (C=O) groups excluding carboxylic acids is 2. The molecule has 3 rings (SSSR count). The molecule has 1 aromatic carbocycles. The van der Waals surface area contributed by atoms with E-state index in [-0.39, 0.29) is 18.0 Å². The molecule has 0 atom stereocenters. The Bertz CT molecular complexity index is 751. The predicted octanol–water partition coefficient (Wildman–Crippen LogP) is 3.28. The number of rotatable bonds is 3. The van der Waals surface area contributed by atoms with Crippen molar-refractivity contribution in [1.29, 1.82) is 0 Å². The molecule has 1 saturated heterocycles. The van der Waals surface area contributed by atoms with E-state index in [1.807, 2.05) is 24.3 Å². The summed E-state index contributed by atoms with van der Waals surface area (Å²) in [6.45, 7) is 3.38. The lowest BCUT2D eigenvalue weighted by atomic mass is 10.1. The molecule has 2 aromatic rings. The van der Waals surface area contributed by atoms with Gasteiger partial charge in [-0.1, -0.05) is 22.0 Å². The number of fused-ring (bicyclic) bond motifs is 1. The van der Waals surface area contributed by atoms with E-state index in [0.29, 0.717) is 25.4 Å². The number of likely N-dealkylation sites (tertiary alicyclic amines) is 1. The van der Waals surface area contributed by atoms with Crippen LogP contribution < -0.4 is 5.32 Å². The maximum absolute atomic E-state index is 12.4. The van der Waals surface area contributed by atoms with Gasteiger partial charge in [0.1, 0.15) is 5.69 Å². The van der Waals surface area contributed by atoms with Crippen molar-refractivity contribution in [2.24, 2.45) is 0 Å². The van der Waals surface area contributed by atoms with Crippen LogP contribution in [0, 0.1) is 0 Å². The first-order valence-electron chi connectivity index (χ1n) is 8.07. The normalized spacial score (nSPS) is 15.5. The lowest BCUT2D eigenvalue weighted by Crippen LogP contribution is -2.46. The van der Waals surface area contributed by atoms with Gasteiger partial charge in [0.2, 0.25) is 0 Å². The second-order valence-corrected chi connectivity index (χ2v) is 6.76. The van der Waals surface area contributed by atoms with Crippen molar-refractivity contribution < 1.29 is 14.3 Å². The third-order valence-electron chi connectivity index (χ3n) is 4.19. The van der Waals surface area contributed by atoms with Gasteiger partial charge in [0.05, 0.1) is 6.61 Å². The van der Waals surface area contributed by atoms with E-state index in [9.17, 15) is 9.59 Å². The Morgan fingerprint density at radius 2 is 2.08 bits per heavy atom. The smallest absolute Gasteiger partial charge is 0.409 e. The molecular formula is C17H20BrN3O3. The molecule has 0 bridgehead atoms. The molecule has 128 valence electrons. The number of hydrogen-bond acceptors (Lipinski definition) is 3. The van der Waals surface area contributed by atoms with Crippen LogP contribution >= 0.6 is 15.9 Å². The largest absolute Gasteiger partial charge is 0.450 e. The third-order valence-corrected chi connectivity index (χ3v) is 4.68. The van der Waals surface area contributed by atoms with Crippen molar-refractivity contribution in [3.63, 3.8) is 0 Å². The van der Waals surface area contributed by atoms with Gasteiger partial charge in [0.15, 0.2) is 0 Å². The summed E-state index contributed by atoms with van der Waals surface area (Å²) in [4.78, 5) is 28.9. The molecule has 0 radical (unpaired) electrons. The topological polar surface area (TPSA) is 74.4 Å². The molecular weight excluding hydrogens is 374 g/mol. The van der Waals surface area contributed by atoms with Crippen LogP contribution in [0.4, 0.5) is 4.79 Å². The van der Waals surface area contributed by atoms with Crippen molar-refractivity contribution in [3.05, 3.63) is 34.4 Å². The lowest BCUT2D eigenvalue weighted by Gasteiger charge is -2.31. The Hall–Kier alpha value is -2.02. The quantitative estimate of drug-likeness (QED) is 0.839. The summed E-state index contributed by atoms with van der Waals surface area (Å²) in [5.74, 6) is -0.114. The van der Waals surface area contributed by atoms with Crippen LogP contribution in [0.25, 0.3) is 10.9 Å². The van der Waals surface area contributed by atoms with Crippen LogP contribution in [0.2, 0.25) is 0 Å². The minimum absolute atomic E-state index is 0.0707. The second kappa shape index (κ2) is 7.25. The van der Waals surface area contributed by atoms with Crippen molar-refractivity contribution in [2.45, 2.75) is 25.8 Å². The van der Waals surface area contributed by atoms with Gasteiger partial charge in [0, 0.05) is 34.5 Å². The molecule has 1 fully saturated rings. The summed E-state index contributed by atoms with van der Waals surface area (Å²) in [5, 5.41) is 4.04. The SMILES string of the molecule is CCOC(=O)N1CCC(NC(=O)c2cc3ccc(Br)cc3[nH]2)CC1. The summed E-state index contributed by atoms with van der Waals surface area (Å²) >= 11 is 3.42. The Morgan fingerprint density at radius 1 is 1.33 bits per heavy atom. The second-order valence-electron chi connectivity index (χ2n) is 5.85. The van der Waals surface area contributed by atoms with Gasteiger partial charge in [0.25, 0.3) is 5.91 Å². The van der Waals surface area contributed by atoms with Crippen LogP contribution in [0.3, 0.4) is 0 Å². The van der Waals surface area contributed by atoms with Gasteiger partial charge < -0.3 is 19.9 Å². The predicted molar refractivity (Wildman–Crippen MR) is 95.1 cm³/mol. The number of nitrogens with zero attached hydrogens (tertiary/aromatic N) is 1. The van der Waals surface area contributed by atoms with E-state index in [4.69, 9.17) is 4.74 Å². The van der Waals surface area contributed by atoms with Gasteiger partial charge in [-0.15, -0.1) is 0 Å². The number of aromatic nitrogens is 1. The van der Waals surface area contributed by atoms with Crippen molar-refractivity contribution in [1.82, 2.24) is 15.2 Å². The van der Waals surface area contributed by atoms with E-state index in [0.717, 1.165) is 28.2 Å². The number of ether oxygens (including phenoxy) is 1. The van der Waals surface area contributed by atoms with Crippen molar-refractivity contribution >= 4 is 38.8 Å². The van der Waals surface area contributed by atoms with Gasteiger partial charge in [-0.2, -0.15) is 0 Å². The zero-order chi connectivity index (χ0) is 17.1. The first kappa shape index (κ1) is 16.8. The zero-order valence-electron chi connectivity index (χ0n) is 13.5. The van der Waals surface area contributed by atoms with Gasteiger partial charge in [-0.3, -0.25) is 4.79 Å². The molecule has 1 aliphatic rings. The third kappa shape index (κ3) is 3.72. The number of halogens is 1. The fourth-order valence-corrected chi connectivity index (χ4v) is 3.27. The van der Waals surface area contributed by atoms with E-state index in [1.165, 1.54) is 0 Å². The first-order valence-corrected chi connectivity index (χ1v) is 8.87. The van der Waals surface area contributed by atoms with Crippen molar-refractivity contribution in [3.8, 4) is 0 Å². The molecule has 24 heavy (non-hydrogen) atoms. The molecule has 1 aromatic heterocycles. The van der Waals surface area contributed by atoms with Crippen LogP contribution in [-0.4, -0.2) is 47.6 Å². The fraction of sp³-hybridized carbons (Fsp3) is 0.412. The van der Waals surface area contributed by atoms with Crippen molar-refractivity contribution in [2.75, 3.05) is 19.7 Å². The summed E-state index contributed by atoms with van der Waals surface area (Å²) in [7, 11) is 0. The molecule has 1 aliphatic heterocycles. The number of carbonyl (C=O) groups is 2. The highest BCUT2D eigenvalue weighted by Gasteiger charge is 2.25. The van der Waals surface area contributed by atoms with Gasteiger partial charge in [-0.25, -0.2) is 4.79 Å². The molecule has 6 nitrogen and oxygen atoms in total. The number of H-pyrrole nitrogens is 1. The molecule has 0 unspecified atom stereocenters. The van der Waals surface area contributed by atoms with Crippen LogP contribution in [-0.2, 0) is 4.74 Å². The maximum Gasteiger partial charge on any atom is 0.409 e. The molecule has 2 N–H and O–H groups in total. The minimum atomic E-state index is -0.275. The Balaban J connectivity index is 1.58. The lowest BCUT2D eigenvalue weighted by molar-refractivity contribution is 0.0857. The first-order chi connectivity index (χ1) is 11.6. The van der Waals surface area contributed by atoms with Crippen LogP contribution in [0.15, 0.2) is 28.7 Å². The fourth-order valence-electron chi connectivity index (χ4n) is 2.91. The van der Waals surface area contributed by atoms with E-state index in [1.54, 1.807) is 11.8 Å². The van der Waals surface area contributed by atoms with Crippen LogP contribution in [0.5, 0.6) is 0 Å². The zero-order valence-corrected chi connectivity index (χ0v) is 15.1. The number of hydrogen-bond donors (Lipinski definition) is 2. The molecule has 0 saturated carbocycles. The summed E-state index contributed by atoms with van der Waals surface area (Å²) in [5.41, 5.74) is 1.47. The summed E-state index contributed by atoms with van der Waals surface area (Å²) in [6, 6.07) is 7.78. The number of aromatic amines is 1. The monoisotopic (exact) mass is 393 g/mol. The summed E-state index contributed by atoms with van der Waals surface area (Å²) < 4.78 is 5.97. The highest BCUT2D eigenvalue weighted by Crippen LogP contribution is 2.20. The number of amides is 2. The van der Waals surface area contributed by atoms with Crippen LogP contribution in [0.1, 0.15) is 30.3 Å². The molecule has 7 heteroatoms. The average Bonchev–Trinajstić information content (AvgIpc) is 2.99. The van der Waals surface area contributed by atoms with E-state index >= 15 is 0 Å². The van der Waals surface area contributed by atoms with E-state index < -0.39 is 0 Å². The van der Waals surface area contributed by atoms with E-state index in [2.05, 4.69) is 26.2 Å². The molecule has 2 heterocycles. The van der Waals surface area contributed by atoms with Gasteiger partial charge in [-0.05, 0) is 38.0 Å². The Labute approximate surface area is 148 Å². The Kier molecular flexibility index (Phi) is 5.08. The standard InChI is InChI=1S/C17H20BrN3O3/c1-2-24-17(23)21-7-5-13(6-8-21)19-16(22)15-9-11-3-4-12(18)10-14(11)20-15/h3-4,9-10,13,20H,2,5-8H2,1H3,(H,19,22). The van der Waals surface area contributed by atoms with Gasteiger partial charge >= 0.3 is 6.09 Å². The molecule has 2 amide bonds. The number of benzene rings is 1. The number of nitrogens with one attached hydrogen (secondary N) is 2. The highest BCUT2D eigenvalue weighted by atomic mass is 79.9. The Morgan fingerprint density at radius 3 is 2.79 bits per heavy atom. The maximum atomic E-state index is 12.4. The molecule has 0 spiro atoms. The molecule has 0 aliphatic carbocycles. The summed E-state index contributed by atoms with van der Waals surface area (Å²) in [6.07, 6.45) is 1.19.